The largest absolute Gasteiger partial charge is 0.484 e. The lowest BCUT2D eigenvalue weighted by Gasteiger charge is -2.24. The summed E-state index contributed by atoms with van der Waals surface area (Å²) in [5.41, 5.74) is 1.09. The van der Waals surface area contributed by atoms with Crippen LogP contribution < -0.4 is 10.4 Å². The lowest BCUT2D eigenvalue weighted by atomic mass is 10.1. The monoisotopic (exact) mass is 343 g/mol. The molecule has 1 saturated heterocycles. The molecule has 134 valence electrons. The molecule has 0 atom stereocenters. The molecule has 25 heavy (non-hydrogen) atoms. The lowest BCUT2D eigenvalue weighted by molar-refractivity contribution is -0.133. The van der Waals surface area contributed by atoms with Crippen molar-refractivity contribution in [2.75, 3.05) is 19.7 Å². The quantitative estimate of drug-likeness (QED) is 0.797. The summed E-state index contributed by atoms with van der Waals surface area (Å²) < 4.78 is 10.9. The molecule has 1 aliphatic heterocycles. The molecule has 0 N–H and O–H groups in total. The molecule has 1 aliphatic rings. The minimum Gasteiger partial charge on any atom is -0.484 e. The number of fused-ring (bicyclic) bond motifs is 1. The van der Waals surface area contributed by atoms with E-state index in [-0.39, 0.29) is 18.1 Å². The number of amides is 1. The van der Waals surface area contributed by atoms with Gasteiger partial charge in [0.1, 0.15) is 11.3 Å². The third-order valence-electron chi connectivity index (χ3n) is 4.75. The van der Waals surface area contributed by atoms with Crippen molar-refractivity contribution in [1.82, 2.24) is 4.90 Å². The summed E-state index contributed by atoms with van der Waals surface area (Å²) in [6.45, 7) is 3.65. The summed E-state index contributed by atoms with van der Waals surface area (Å²) in [6.07, 6.45) is 6.53. The first-order chi connectivity index (χ1) is 12.2. The van der Waals surface area contributed by atoms with Gasteiger partial charge in [0.15, 0.2) is 6.61 Å². The second-order valence-corrected chi connectivity index (χ2v) is 6.54. The van der Waals surface area contributed by atoms with Crippen molar-refractivity contribution in [3.05, 3.63) is 40.2 Å². The van der Waals surface area contributed by atoms with E-state index in [1.165, 1.54) is 25.3 Å². The van der Waals surface area contributed by atoms with Crippen LogP contribution in [0.25, 0.3) is 11.0 Å². The first-order valence-corrected chi connectivity index (χ1v) is 9.14. The van der Waals surface area contributed by atoms with Crippen molar-refractivity contribution in [1.29, 1.82) is 0 Å². The Labute approximate surface area is 147 Å². The highest BCUT2D eigenvalue weighted by Crippen LogP contribution is 2.23. The standard InChI is InChI=1S/C20H25NO4/c1-2-15-12-20(23)25-18-13-16(8-9-17(15)18)24-14-19(22)21-10-6-4-3-5-7-11-21/h8-9,12-13H,2-7,10-11,14H2,1H3. The Hall–Kier alpha value is -2.30. The number of benzene rings is 1. The van der Waals surface area contributed by atoms with Crippen molar-refractivity contribution in [2.45, 2.75) is 45.4 Å². The van der Waals surface area contributed by atoms with Crippen LogP contribution in [0, 0.1) is 0 Å². The maximum atomic E-state index is 12.4. The van der Waals surface area contributed by atoms with Crippen LogP contribution in [0.1, 0.15) is 44.6 Å². The molecule has 1 fully saturated rings. The summed E-state index contributed by atoms with van der Waals surface area (Å²) >= 11 is 0. The third kappa shape index (κ3) is 4.41. The Morgan fingerprint density at radius 1 is 1.12 bits per heavy atom. The van der Waals surface area contributed by atoms with E-state index < -0.39 is 0 Å². The molecule has 2 heterocycles. The van der Waals surface area contributed by atoms with Gasteiger partial charge < -0.3 is 14.1 Å². The fourth-order valence-electron chi connectivity index (χ4n) is 3.33. The SMILES string of the molecule is CCc1cc(=O)oc2cc(OCC(=O)N3CCCCCCC3)ccc12. The van der Waals surface area contributed by atoms with Crippen LogP contribution in [0.4, 0.5) is 0 Å². The Kier molecular flexibility index (Phi) is 5.74. The molecule has 2 aromatic rings. The van der Waals surface area contributed by atoms with Crippen LogP contribution in [0.2, 0.25) is 0 Å². The van der Waals surface area contributed by atoms with Crippen molar-refractivity contribution in [3.63, 3.8) is 0 Å². The Morgan fingerprint density at radius 2 is 1.84 bits per heavy atom. The molecular formula is C20H25NO4. The Balaban J connectivity index is 1.68. The van der Waals surface area contributed by atoms with Crippen LogP contribution in [-0.2, 0) is 11.2 Å². The molecule has 0 saturated carbocycles. The van der Waals surface area contributed by atoms with Crippen LogP contribution in [-0.4, -0.2) is 30.5 Å². The fraction of sp³-hybridized carbons (Fsp3) is 0.500. The third-order valence-corrected chi connectivity index (χ3v) is 4.75. The van der Waals surface area contributed by atoms with E-state index in [1.54, 1.807) is 6.07 Å². The molecule has 5 nitrogen and oxygen atoms in total. The fourth-order valence-corrected chi connectivity index (χ4v) is 3.33. The molecule has 1 aromatic heterocycles. The number of ether oxygens (including phenoxy) is 1. The second kappa shape index (κ2) is 8.19. The summed E-state index contributed by atoms with van der Waals surface area (Å²) in [6, 6.07) is 6.92. The van der Waals surface area contributed by atoms with E-state index in [0.29, 0.717) is 11.3 Å². The highest BCUT2D eigenvalue weighted by Gasteiger charge is 2.15. The summed E-state index contributed by atoms with van der Waals surface area (Å²) in [5.74, 6) is 0.565. The van der Waals surface area contributed by atoms with Crippen molar-refractivity contribution in [2.24, 2.45) is 0 Å². The summed E-state index contributed by atoms with van der Waals surface area (Å²) in [4.78, 5) is 25.9. The molecule has 0 unspecified atom stereocenters. The second-order valence-electron chi connectivity index (χ2n) is 6.54. The number of aryl methyl sites for hydroxylation is 1. The Morgan fingerprint density at radius 3 is 2.56 bits per heavy atom. The van der Waals surface area contributed by atoms with Gasteiger partial charge in [-0.3, -0.25) is 4.79 Å². The number of nitrogens with zero attached hydrogens (tertiary/aromatic N) is 1. The number of hydrogen-bond acceptors (Lipinski definition) is 4. The topological polar surface area (TPSA) is 59.8 Å². The summed E-state index contributed by atoms with van der Waals surface area (Å²) in [7, 11) is 0. The number of rotatable bonds is 4. The maximum absolute atomic E-state index is 12.4. The van der Waals surface area contributed by atoms with Gasteiger partial charge in [-0.2, -0.15) is 0 Å². The van der Waals surface area contributed by atoms with Gasteiger partial charge in [0.05, 0.1) is 0 Å². The zero-order valence-electron chi connectivity index (χ0n) is 14.8. The normalized spacial score (nSPS) is 15.6. The lowest BCUT2D eigenvalue weighted by Crippen LogP contribution is -2.37. The predicted octanol–water partition coefficient (Wildman–Crippen LogP) is 3.53. The van der Waals surface area contributed by atoms with Crippen LogP contribution in [0.15, 0.2) is 33.5 Å². The number of hydrogen-bond donors (Lipinski definition) is 0. The molecule has 5 heteroatoms. The molecule has 0 aliphatic carbocycles. The van der Waals surface area contributed by atoms with E-state index in [9.17, 15) is 9.59 Å². The molecular weight excluding hydrogens is 318 g/mol. The molecule has 0 spiro atoms. The van der Waals surface area contributed by atoms with Crippen LogP contribution in [0.3, 0.4) is 0 Å². The van der Waals surface area contributed by atoms with Crippen LogP contribution >= 0.6 is 0 Å². The number of carbonyl (C=O) groups excluding carboxylic acids is 1. The van der Waals surface area contributed by atoms with E-state index in [1.807, 2.05) is 24.0 Å². The highest BCUT2D eigenvalue weighted by molar-refractivity contribution is 5.82. The average Bonchev–Trinajstić information content (AvgIpc) is 2.58. The van der Waals surface area contributed by atoms with E-state index in [2.05, 4.69) is 0 Å². The minimum atomic E-state index is -0.363. The van der Waals surface area contributed by atoms with Gasteiger partial charge >= 0.3 is 5.63 Å². The van der Waals surface area contributed by atoms with Crippen molar-refractivity contribution in [3.8, 4) is 5.75 Å². The first kappa shape index (κ1) is 17.5. The predicted molar refractivity (Wildman–Crippen MR) is 97.0 cm³/mol. The van der Waals surface area contributed by atoms with Gasteiger partial charge in [-0.25, -0.2) is 4.79 Å². The Bertz CT molecular complexity index is 788. The highest BCUT2D eigenvalue weighted by atomic mass is 16.5. The number of carbonyl (C=O) groups is 1. The van der Waals surface area contributed by atoms with Crippen molar-refractivity contribution >= 4 is 16.9 Å². The van der Waals surface area contributed by atoms with E-state index in [0.717, 1.165) is 43.3 Å². The van der Waals surface area contributed by atoms with Gasteiger partial charge in [0, 0.05) is 30.6 Å². The first-order valence-electron chi connectivity index (χ1n) is 9.14. The molecule has 3 rings (SSSR count). The molecule has 1 amide bonds. The zero-order valence-corrected chi connectivity index (χ0v) is 14.8. The molecule has 0 bridgehead atoms. The van der Waals surface area contributed by atoms with Gasteiger partial charge in [-0.1, -0.05) is 26.2 Å². The average molecular weight is 343 g/mol. The smallest absolute Gasteiger partial charge is 0.336 e. The van der Waals surface area contributed by atoms with E-state index in [4.69, 9.17) is 9.15 Å². The van der Waals surface area contributed by atoms with Gasteiger partial charge in [0.25, 0.3) is 5.91 Å². The van der Waals surface area contributed by atoms with Gasteiger partial charge in [-0.05, 0) is 37.0 Å². The van der Waals surface area contributed by atoms with E-state index >= 15 is 0 Å². The minimum absolute atomic E-state index is 0.0171. The van der Waals surface area contributed by atoms with Crippen molar-refractivity contribution < 1.29 is 13.9 Å². The number of likely N-dealkylation sites (tertiary alicyclic amines) is 1. The zero-order chi connectivity index (χ0) is 17.6. The van der Waals surface area contributed by atoms with Gasteiger partial charge in [0.2, 0.25) is 0 Å². The van der Waals surface area contributed by atoms with Gasteiger partial charge in [-0.15, -0.1) is 0 Å². The van der Waals surface area contributed by atoms with Crippen LogP contribution in [0.5, 0.6) is 5.75 Å². The summed E-state index contributed by atoms with van der Waals surface area (Å²) in [5, 5.41) is 0.907. The maximum Gasteiger partial charge on any atom is 0.336 e. The molecule has 0 radical (unpaired) electrons. The molecule has 1 aromatic carbocycles.